The molecule has 9 nitrogen and oxygen atoms in total. The molecule has 0 fully saturated rings. The zero-order valence-corrected chi connectivity index (χ0v) is 10.7. The average Bonchev–Trinajstić information content (AvgIpc) is 2.92. The first-order chi connectivity index (χ1) is 9.58. The highest BCUT2D eigenvalue weighted by molar-refractivity contribution is 6.32. The SMILES string of the molecule is O=C(NCCc1ncno1)c1cc([N+](=O)[O-])cnc1Cl. The van der Waals surface area contributed by atoms with Gasteiger partial charge >= 0.3 is 0 Å². The topological polar surface area (TPSA) is 124 Å². The van der Waals surface area contributed by atoms with E-state index >= 15 is 0 Å². The summed E-state index contributed by atoms with van der Waals surface area (Å²) in [6.07, 6.45) is 2.57. The van der Waals surface area contributed by atoms with E-state index in [0.29, 0.717) is 12.3 Å². The Balaban J connectivity index is 2.01. The largest absolute Gasteiger partial charge is 0.351 e. The van der Waals surface area contributed by atoms with Gasteiger partial charge in [0.1, 0.15) is 11.3 Å². The van der Waals surface area contributed by atoms with Crippen molar-refractivity contribution < 1.29 is 14.2 Å². The van der Waals surface area contributed by atoms with Crippen molar-refractivity contribution in [2.75, 3.05) is 6.54 Å². The molecule has 1 amide bonds. The van der Waals surface area contributed by atoms with E-state index in [0.717, 1.165) is 12.3 Å². The Kier molecular flexibility index (Phi) is 4.20. The molecule has 0 radical (unpaired) electrons. The lowest BCUT2D eigenvalue weighted by Gasteiger charge is -2.04. The van der Waals surface area contributed by atoms with Crippen LogP contribution in [0.3, 0.4) is 0 Å². The molecule has 0 aromatic carbocycles. The fourth-order valence-electron chi connectivity index (χ4n) is 1.38. The maximum atomic E-state index is 11.8. The van der Waals surface area contributed by atoms with Gasteiger partial charge in [-0.25, -0.2) is 4.98 Å². The van der Waals surface area contributed by atoms with Crippen LogP contribution in [0.15, 0.2) is 23.1 Å². The molecule has 0 aliphatic carbocycles. The molecule has 20 heavy (non-hydrogen) atoms. The van der Waals surface area contributed by atoms with E-state index in [2.05, 4.69) is 20.4 Å². The summed E-state index contributed by atoms with van der Waals surface area (Å²) in [4.78, 5) is 29.2. The number of rotatable bonds is 5. The van der Waals surface area contributed by atoms with Gasteiger partial charge in [-0.2, -0.15) is 4.98 Å². The maximum absolute atomic E-state index is 11.8. The number of carbonyl (C=O) groups is 1. The number of nitrogens with one attached hydrogen (secondary N) is 1. The summed E-state index contributed by atoms with van der Waals surface area (Å²) in [5.74, 6) is -0.195. The van der Waals surface area contributed by atoms with Crippen molar-refractivity contribution >= 4 is 23.2 Å². The van der Waals surface area contributed by atoms with Crippen molar-refractivity contribution in [1.29, 1.82) is 0 Å². The molecule has 2 heterocycles. The van der Waals surface area contributed by atoms with Crippen LogP contribution in [0.1, 0.15) is 16.2 Å². The molecule has 0 aliphatic heterocycles. The molecule has 2 rings (SSSR count). The fraction of sp³-hybridized carbons (Fsp3) is 0.200. The summed E-state index contributed by atoms with van der Waals surface area (Å²) < 4.78 is 4.76. The van der Waals surface area contributed by atoms with Crippen LogP contribution >= 0.6 is 11.6 Å². The number of hydrogen-bond acceptors (Lipinski definition) is 7. The van der Waals surface area contributed by atoms with Crippen molar-refractivity contribution in [1.82, 2.24) is 20.4 Å². The second-order valence-electron chi connectivity index (χ2n) is 3.63. The standard InChI is InChI=1S/C10H8ClN5O4/c11-9-7(3-6(4-13-9)16(18)19)10(17)12-2-1-8-14-5-15-20-8/h3-5H,1-2H2,(H,12,17). The predicted molar refractivity (Wildman–Crippen MR) is 66.2 cm³/mol. The number of hydrogen-bond donors (Lipinski definition) is 1. The number of pyridine rings is 1. The Morgan fingerprint density at radius 3 is 2.95 bits per heavy atom. The van der Waals surface area contributed by atoms with Gasteiger partial charge in [-0.3, -0.25) is 14.9 Å². The summed E-state index contributed by atoms with van der Waals surface area (Å²) in [5, 5.41) is 16.5. The number of aromatic nitrogens is 3. The van der Waals surface area contributed by atoms with Gasteiger partial charge in [0, 0.05) is 19.0 Å². The Labute approximate surface area is 117 Å². The molecule has 0 spiro atoms. The Bertz CT molecular complexity index is 631. The zero-order valence-electron chi connectivity index (χ0n) is 9.95. The molecule has 104 valence electrons. The van der Waals surface area contributed by atoms with E-state index in [9.17, 15) is 14.9 Å². The van der Waals surface area contributed by atoms with Gasteiger partial charge in [-0.15, -0.1) is 0 Å². The number of nitro groups is 1. The van der Waals surface area contributed by atoms with Gasteiger partial charge in [0.05, 0.1) is 10.5 Å². The van der Waals surface area contributed by atoms with Crippen LogP contribution in [0.25, 0.3) is 0 Å². The Morgan fingerprint density at radius 1 is 1.50 bits per heavy atom. The molecule has 1 N–H and O–H groups in total. The van der Waals surface area contributed by atoms with E-state index in [1.165, 1.54) is 6.33 Å². The summed E-state index contributed by atoms with van der Waals surface area (Å²) in [6.45, 7) is 0.222. The fourth-order valence-corrected chi connectivity index (χ4v) is 1.57. The normalized spacial score (nSPS) is 10.2. The van der Waals surface area contributed by atoms with Gasteiger partial charge in [0.2, 0.25) is 5.89 Å². The van der Waals surface area contributed by atoms with Crippen LogP contribution in [0.2, 0.25) is 5.15 Å². The van der Waals surface area contributed by atoms with E-state index in [1.54, 1.807) is 0 Å². The average molecular weight is 298 g/mol. The van der Waals surface area contributed by atoms with Crippen molar-refractivity contribution in [3.8, 4) is 0 Å². The lowest BCUT2D eigenvalue weighted by atomic mass is 10.2. The first-order valence-electron chi connectivity index (χ1n) is 5.41. The monoisotopic (exact) mass is 297 g/mol. The van der Waals surface area contributed by atoms with Crippen LogP contribution < -0.4 is 5.32 Å². The number of nitrogens with zero attached hydrogens (tertiary/aromatic N) is 4. The molecule has 2 aromatic heterocycles. The zero-order chi connectivity index (χ0) is 14.5. The van der Waals surface area contributed by atoms with Crippen molar-refractivity contribution in [3.63, 3.8) is 0 Å². The molecule has 0 saturated heterocycles. The van der Waals surface area contributed by atoms with E-state index in [4.69, 9.17) is 16.1 Å². The smallest absolute Gasteiger partial charge is 0.288 e. The summed E-state index contributed by atoms with van der Waals surface area (Å²) in [7, 11) is 0. The first-order valence-corrected chi connectivity index (χ1v) is 5.79. The van der Waals surface area contributed by atoms with Gasteiger partial charge in [0.25, 0.3) is 11.6 Å². The molecule has 0 saturated carbocycles. The molecule has 10 heteroatoms. The maximum Gasteiger partial charge on any atom is 0.288 e. The van der Waals surface area contributed by atoms with Crippen LogP contribution in [0, 0.1) is 10.1 Å². The van der Waals surface area contributed by atoms with Gasteiger partial charge in [0.15, 0.2) is 6.33 Å². The highest BCUT2D eigenvalue weighted by atomic mass is 35.5. The molecular formula is C10H8ClN5O4. The minimum Gasteiger partial charge on any atom is -0.351 e. The summed E-state index contributed by atoms with van der Waals surface area (Å²) in [5.41, 5.74) is -0.372. The van der Waals surface area contributed by atoms with Crippen LogP contribution in [0.4, 0.5) is 5.69 Å². The molecule has 0 aliphatic rings. The predicted octanol–water partition coefficient (Wildman–Crippen LogP) is 0.999. The summed E-state index contributed by atoms with van der Waals surface area (Å²) >= 11 is 5.74. The number of carbonyl (C=O) groups excluding carboxylic acids is 1. The van der Waals surface area contributed by atoms with Gasteiger partial charge in [-0.1, -0.05) is 16.8 Å². The van der Waals surface area contributed by atoms with E-state index < -0.39 is 10.8 Å². The first kappa shape index (κ1) is 13.9. The van der Waals surface area contributed by atoms with E-state index in [1.807, 2.05) is 0 Å². The number of amides is 1. The minimum absolute atomic E-state index is 0.0635. The molecule has 0 unspecified atom stereocenters. The Morgan fingerprint density at radius 2 is 2.30 bits per heavy atom. The van der Waals surface area contributed by atoms with Crippen LogP contribution in [0.5, 0.6) is 0 Å². The molecular weight excluding hydrogens is 290 g/mol. The van der Waals surface area contributed by atoms with Gasteiger partial charge < -0.3 is 9.84 Å². The third-order valence-corrected chi connectivity index (χ3v) is 2.61. The molecule has 0 bridgehead atoms. The van der Waals surface area contributed by atoms with E-state index in [-0.39, 0.29) is 22.9 Å². The third kappa shape index (κ3) is 3.26. The second-order valence-corrected chi connectivity index (χ2v) is 3.99. The lowest BCUT2D eigenvalue weighted by Crippen LogP contribution is -2.26. The Hall–Kier alpha value is -2.55. The highest BCUT2D eigenvalue weighted by Gasteiger charge is 2.16. The number of halogens is 1. The third-order valence-electron chi connectivity index (χ3n) is 2.31. The lowest BCUT2D eigenvalue weighted by molar-refractivity contribution is -0.385. The van der Waals surface area contributed by atoms with Crippen molar-refractivity contribution in [3.05, 3.63) is 45.3 Å². The van der Waals surface area contributed by atoms with Crippen LogP contribution in [-0.2, 0) is 6.42 Å². The molecule has 0 atom stereocenters. The molecule has 2 aromatic rings. The van der Waals surface area contributed by atoms with Gasteiger partial charge in [-0.05, 0) is 0 Å². The quantitative estimate of drug-likeness (QED) is 0.496. The second kappa shape index (κ2) is 6.06. The summed E-state index contributed by atoms with van der Waals surface area (Å²) in [6, 6.07) is 1.07. The minimum atomic E-state index is -0.654. The van der Waals surface area contributed by atoms with Crippen LogP contribution in [-0.4, -0.2) is 32.5 Å². The van der Waals surface area contributed by atoms with Crippen molar-refractivity contribution in [2.24, 2.45) is 0 Å². The van der Waals surface area contributed by atoms with Crippen molar-refractivity contribution in [2.45, 2.75) is 6.42 Å². The highest BCUT2D eigenvalue weighted by Crippen LogP contribution is 2.18.